The molecule has 2 bridgehead atoms. The standard InChI is InChI=1S/C29H33N2O/c1-3-18-32-29(26-14-16-30-27-13-9-8-12-25(26)27)28-19-24-15-17-31(28,21-23(24)4-2)20-22-10-6-5-7-11-22/h3-14,16,23-24,28-29H,1-2,15,17-21H2/q+1/t23-,24-,28-,29+,31+/m0/s1. The average molecular weight is 426 g/mol. The Morgan fingerprint density at radius 1 is 1.06 bits per heavy atom. The van der Waals surface area contributed by atoms with Crippen LogP contribution in [-0.2, 0) is 11.3 Å². The molecule has 2 aromatic carbocycles. The van der Waals surface area contributed by atoms with Gasteiger partial charge in [0.15, 0.2) is 0 Å². The summed E-state index contributed by atoms with van der Waals surface area (Å²) in [5.74, 6) is 1.27. The van der Waals surface area contributed by atoms with Gasteiger partial charge in [0, 0.05) is 35.9 Å². The minimum atomic E-state index is 0.0122. The zero-order valence-corrected chi connectivity index (χ0v) is 18.8. The Kier molecular flexibility index (Phi) is 5.95. The van der Waals surface area contributed by atoms with Crippen LogP contribution in [0.2, 0.25) is 0 Å². The molecule has 0 amide bonds. The van der Waals surface area contributed by atoms with Crippen molar-refractivity contribution in [2.24, 2.45) is 11.8 Å². The van der Waals surface area contributed by atoms with E-state index in [1.165, 1.54) is 35.9 Å². The molecule has 0 saturated carbocycles. The highest BCUT2D eigenvalue weighted by Crippen LogP contribution is 2.49. The van der Waals surface area contributed by atoms with Gasteiger partial charge in [0.25, 0.3) is 0 Å². The zero-order chi connectivity index (χ0) is 22.0. The van der Waals surface area contributed by atoms with E-state index in [0.717, 1.165) is 23.1 Å². The van der Waals surface area contributed by atoms with E-state index >= 15 is 0 Å². The highest BCUT2D eigenvalue weighted by atomic mass is 16.5. The molecule has 3 aromatic rings. The lowest BCUT2D eigenvalue weighted by molar-refractivity contribution is -0.985. The third kappa shape index (κ3) is 3.80. The van der Waals surface area contributed by atoms with E-state index < -0.39 is 0 Å². The summed E-state index contributed by atoms with van der Waals surface area (Å²) in [5.41, 5.74) is 3.70. The largest absolute Gasteiger partial charge is 0.363 e. The molecule has 0 aliphatic carbocycles. The molecule has 3 saturated heterocycles. The first-order chi connectivity index (χ1) is 15.7. The minimum Gasteiger partial charge on any atom is -0.363 e. The van der Waals surface area contributed by atoms with Crippen LogP contribution in [0, 0.1) is 11.8 Å². The van der Waals surface area contributed by atoms with Gasteiger partial charge >= 0.3 is 0 Å². The number of nitrogens with zero attached hydrogens (tertiary/aromatic N) is 2. The first-order valence-electron chi connectivity index (χ1n) is 11.8. The van der Waals surface area contributed by atoms with Gasteiger partial charge in [-0.2, -0.15) is 0 Å². The van der Waals surface area contributed by atoms with E-state index in [4.69, 9.17) is 4.74 Å². The van der Waals surface area contributed by atoms with Crippen molar-refractivity contribution in [2.75, 3.05) is 19.7 Å². The van der Waals surface area contributed by atoms with Crippen molar-refractivity contribution >= 4 is 10.9 Å². The van der Waals surface area contributed by atoms with Gasteiger partial charge in [0.05, 0.1) is 25.2 Å². The normalized spacial score (nSPS) is 27.8. The lowest BCUT2D eigenvalue weighted by atomic mass is 9.71. The fourth-order valence-corrected chi connectivity index (χ4v) is 6.26. The number of hydrogen-bond donors (Lipinski definition) is 0. The molecule has 3 fully saturated rings. The zero-order valence-electron chi connectivity index (χ0n) is 18.8. The number of aromatic nitrogens is 1. The summed E-state index contributed by atoms with van der Waals surface area (Å²) < 4.78 is 7.69. The van der Waals surface area contributed by atoms with Crippen LogP contribution in [0.4, 0.5) is 0 Å². The third-order valence-corrected chi connectivity index (χ3v) is 7.75. The molecular weight excluding hydrogens is 392 g/mol. The van der Waals surface area contributed by atoms with Crippen molar-refractivity contribution in [2.45, 2.75) is 31.5 Å². The lowest BCUT2D eigenvalue weighted by Crippen LogP contribution is -2.67. The van der Waals surface area contributed by atoms with Crippen molar-refractivity contribution < 1.29 is 9.22 Å². The van der Waals surface area contributed by atoms with Gasteiger partial charge in [-0.3, -0.25) is 4.98 Å². The van der Waals surface area contributed by atoms with Crippen LogP contribution in [0.3, 0.4) is 0 Å². The topological polar surface area (TPSA) is 22.1 Å². The minimum absolute atomic E-state index is 0.0122. The van der Waals surface area contributed by atoms with Gasteiger partial charge in [0.2, 0.25) is 0 Å². The quantitative estimate of drug-likeness (QED) is 0.322. The summed E-state index contributed by atoms with van der Waals surface area (Å²) >= 11 is 0. The van der Waals surface area contributed by atoms with E-state index in [0.29, 0.717) is 24.5 Å². The van der Waals surface area contributed by atoms with Crippen molar-refractivity contribution in [3.63, 3.8) is 0 Å². The van der Waals surface area contributed by atoms with Gasteiger partial charge in [-0.15, -0.1) is 13.2 Å². The Balaban J connectivity index is 1.60. The number of piperidine rings is 3. The molecule has 3 nitrogen and oxygen atoms in total. The summed E-state index contributed by atoms with van der Waals surface area (Å²) in [6.45, 7) is 12.1. The molecule has 164 valence electrons. The lowest BCUT2D eigenvalue weighted by Gasteiger charge is -2.58. The number of para-hydroxylation sites is 1. The molecule has 5 atom stereocenters. The molecule has 6 rings (SSSR count). The van der Waals surface area contributed by atoms with E-state index in [9.17, 15) is 0 Å². The van der Waals surface area contributed by atoms with E-state index in [1.54, 1.807) is 0 Å². The van der Waals surface area contributed by atoms with Gasteiger partial charge in [0.1, 0.15) is 18.7 Å². The Hall–Kier alpha value is -2.75. The Morgan fingerprint density at radius 2 is 1.88 bits per heavy atom. The maximum Gasteiger partial charge on any atom is 0.135 e. The molecule has 0 spiro atoms. The van der Waals surface area contributed by atoms with Crippen LogP contribution in [0.5, 0.6) is 0 Å². The molecule has 3 heteroatoms. The van der Waals surface area contributed by atoms with E-state index in [-0.39, 0.29) is 6.10 Å². The van der Waals surface area contributed by atoms with Gasteiger partial charge in [-0.25, -0.2) is 0 Å². The number of rotatable bonds is 8. The van der Waals surface area contributed by atoms with Crippen molar-refractivity contribution in [1.82, 2.24) is 4.98 Å². The molecule has 0 radical (unpaired) electrons. The Bertz CT molecular complexity index is 1090. The highest BCUT2D eigenvalue weighted by molar-refractivity contribution is 5.82. The van der Waals surface area contributed by atoms with Crippen LogP contribution in [-0.4, -0.2) is 35.2 Å². The van der Waals surface area contributed by atoms with Crippen molar-refractivity contribution in [3.05, 3.63) is 103 Å². The number of pyridine rings is 1. The van der Waals surface area contributed by atoms with Crippen LogP contribution in [0.25, 0.3) is 10.9 Å². The van der Waals surface area contributed by atoms with Gasteiger partial charge in [-0.1, -0.05) is 60.7 Å². The van der Waals surface area contributed by atoms with Crippen molar-refractivity contribution in [1.29, 1.82) is 0 Å². The molecule has 0 unspecified atom stereocenters. The fraction of sp³-hybridized carbons (Fsp3) is 0.345. The van der Waals surface area contributed by atoms with Crippen LogP contribution < -0.4 is 0 Å². The monoisotopic (exact) mass is 425 g/mol. The van der Waals surface area contributed by atoms with Crippen LogP contribution in [0.15, 0.2) is 92.2 Å². The smallest absolute Gasteiger partial charge is 0.135 e. The molecule has 0 N–H and O–H groups in total. The molecule has 3 aliphatic heterocycles. The SMILES string of the molecule is C=CCO[C@H](c1ccnc2ccccc12)[C@@H]1C[C@@H]2CC[N@@+]1(Cc1ccccc1)C[C@@H]2C=C. The van der Waals surface area contributed by atoms with E-state index in [1.807, 2.05) is 12.3 Å². The predicted molar refractivity (Wildman–Crippen MR) is 131 cm³/mol. The molecule has 32 heavy (non-hydrogen) atoms. The van der Waals surface area contributed by atoms with Crippen molar-refractivity contribution in [3.8, 4) is 0 Å². The molecule has 1 aromatic heterocycles. The number of quaternary nitrogens is 1. The second kappa shape index (κ2) is 9.01. The second-order valence-electron chi connectivity index (χ2n) is 9.48. The molecular formula is C29H33N2O+. The first-order valence-corrected chi connectivity index (χ1v) is 11.8. The number of hydrogen-bond acceptors (Lipinski definition) is 2. The van der Waals surface area contributed by atoms with Crippen LogP contribution >= 0.6 is 0 Å². The fourth-order valence-electron chi connectivity index (χ4n) is 6.26. The van der Waals surface area contributed by atoms with E-state index in [2.05, 4.69) is 84.9 Å². The summed E-state index contributed by atoms with van der Waals surface area (Å²) in [5, 5.41) is 1.20. The summed E-state index contributed by atoms with van der Waals surface area (Å²) in [7, 11) is 0. The van der Waals surface area contributed by atoms with Crippen LogP contribution in [0.1, 0.15) is 30.1 Å². The summed E-state index contributed by atoms with van der Waals surface area (Å²) in [6.07, 6.45) is 8.47. The maximum absolute atomic E-state index is 6.62. The van der Waals surface area contributed by atoms with Gasteiger partial charge in [-0.05, 0) is 23.6 Å². The number of benzene rings is 2. The third-order valence-electron chi connectivity index (χ3n) is 7.75. The second-order valence-corrected chi connectivity index (χ2v) is 9.48. The Morgan fingerprint density at radius 3 is 2.69 bits per heavy atom. The first kappa shape index (κ1) is 21.1. The number of fused-ring (bicyclic) bond motifs is 4. The van der Waals surface area contributed by atoms with Gasteiger partial charge < -0.3 is 9.22 Å². The average Bonchev–Trinajstić information content (AvgIpc) is 2.85. The predicted octanol–water partition coefficient (Wildman–Crippen LogP) is 6.09. The molecule has 4 heterocycles. The Labute approximate surface area is 191 Å². The summed E-state index contributed by atoms with van der Waals surface area (Å²) in [4.78, 5) is 4.61. The summed E-state index contributed by atoms with van der Waals surface area (Å²) in [6, 6.07) is 22.0. The highest BCUT2D eigenvalue weighted by Gasteiger charge is 2.54. The number of ether oxygens (including phenoxy) is 1. The maximum atomic E-state index is 6.62. The molecule has 3 aliphatic rings.